The summed E-state index contributed by atoms with van der Waals surface area (Å²) in [5, 5.41) is 7.56. The Labute approximate surface area is 133 Å². The molecular formula is C16H19N3O4. The molecule has 0 aliphatic rings. The number of hydrogen-bond acceptors (Lipinski definition) is 5. The predicted molar refractivity (Wildman–Crippen MR) is 85.2 cm³/mol. The lowest BCUT2D eigenvalue weighted by Gasteiger charge is -2.10. The Morgan fingerprint density at radius 1 is 1.26 bits per heavy atom. The minimum absolute atomic E-state index is 0.0770. The van der Waals surface area contributed by atoms with Gasteiger partial charge in [-0.05, 0) is 19.9 Å². The van der Waals surface area contributed by atoms with Crippen molar-refractivity contribution in [2.24, 2.45) is 7.05 Å². The van der Waals surface area contributed by atoms with Gasteiger partial charge < -0.3 is 10.1 Å². The molecule has 2 rings (SSSR count). The Morgan fingerprint density at radius 2 is 1.91 bits per heavy atom. The normalized spacial score (nSPS) is 10.8. The van der Waals surface area contributed by atoms with Gasteiger partial charge in [0, 0.05) is 19.0 Å². The zero-order valence-electron chi connectivity index (χ0n) is 13.3. The zero-order valence-corrected chi connectivity index (χ0v) is 13.3. The third-order valence-electron chi connectivity index (χ3n) is 3.15. The minimum atomic E-state index is -0.436. The Morgan fingerprint density at radius 3 is 2.57 bits per heavy atom. The number of benzene rings is 1. The van der Waals surface area contributed by atoms with E-state index in [4.69, 9.17) is 4.74 Å². The molecule has 7 heteroatoms. The van der Waals surface area contributed by atoms with E-state index in [1.54, 1.807) is 38.1 Å². The molecule has 2 aromatic rings. The number of amides is 1. The van der Waals surface area contributed by atoms with Crippen LogP contribution in [0.4, 0.5) is 0 Å². The molecule has 0 atom stereocenters. The van der Waals surface area contributed by atoms with Crippen LogP contribution in [0.5, 0.6) is 0 Å². The maximum Gasteiger partial charge on any atom is 0.307 e. The molecule has 0 bridgehead atoms. The number of nitrogens with one attached hydrogen (secondary N) is 1. The molecule has 7 nitrogen and oxygen atoms in total. The fourth-order valence-corrected chi connectivity index (χ4v) is 2.15. The fourth-order valence-electron chi connectivity index (χ4n) is 2.15. The van der Waals surface area contributed by atoms with E-state index in [1.807, 2.05) is 0 Å². The number of aromatic nitrogens is 2. The van der Waals surface area contributed by atoms with Gasteiger partial charge in [-0.3, -0.25) is 14.4 Å². The lowest BCUT2D eigenvalue weighted by Crippen LogP contribution is -2.31. The molecule has 0 saturated heterocycles. The van der Waals surface area contributed by atoms with Crippen LogP contribution in [-0.2, 0) is 16.6 Å². The van der Waals surface area contributed by atoms with Gasteiger partial charge in [0.1, 0.15) is 0 Å². The second-order valence-corrected chi connectivity index (χ2v) is 5.37. The molecule has 0 radical (unpaired) electrons. The standard InChI is InChI=1S/C16H19N3O4/c1-10(2)23-13(20)8-9-17-15(21)14-11-6-4-5-7-12(11)16(22)19(3)18-14/h4-7,10H,8-9H2,1-3H3,(H,17,21). The Hall–Kier alpha value is -2.70. The van der Waals surface area contributed by atoms with Crippen LogP contribution < -0.4 is 10.9 Å². The lowest BCUT2D eigenvalue weighted by atomic mass is 10.1. The zero-order chi connectivity index (χ0) is 17.0. The third kappa shape index (κ3) is 3.94. The number of carbonyl (C=O) groups excluding carboxylic acids is 2. The molecular weight excluding hydrogens is 298 g/mol. The van der Waals surface area contributed by atoms with Gasteiger partial charge >= 0.3 is 5.97 Å². The van der Waals surface area contributed by atoms with Crippen molar-refractivity contribution >= 4 is 22.6 Å². The molecule has 1 amide bonds. The maximum atomic E-state index is 12.3. The number of esters is 1. The molecule has 1 heterocycles. The van der Waals surface area contributed by atoms with E-state index in [1.165, 1.54) is 7.05 Å². The first-order valence-corrected chi connectivity index (χ1v) is 7.34. The third-order valence-corrected chi connectivity index (χ3v) is 3.15. The second kappa shape index (κ2) is 7.04. The predicted octanol–water partition coefficient (Wildman–Crippen LogP) is 1.00. The number of nitrogens with zero attached hydrogens (tertiary/aromatic N) is 2. The summed E-state index contributed by atoms with van der Waals surface area (Å²) in [6.07, 6.45) is -0.111. The van der Waals surface area contributed by atoms with Crippen LogP contribution >= 0.6 is 0 Å². The van der Waals surface area contributed by atoms with Crippen LogP contribution in [0.2, 0.25) is 0 Å². The van der Waals surface area contributed by atoms with E-state index >= 15 is 0 Å². The first-order chi connectivity index (χ1) is 10.9. The number of hydrogen-bond donors (Lipinski definition) is 1. The number of aryl methyl sites for hydroxylation is 1. The molecule has 0 saturated carbocycles. The fraction of sp³-hybridized carbons (Fsp3) is 0.375. The van der Waals surface area contributed by atoms with Gasteiger partial charge in [0.2, 0.25) is 0 Å². The van der Waals surface area contributed by atoms with E-state index in [0.717, 1.165) is 4.68 Å². The van der Waals surface area contributed by atoms with Crippen LogP contribution in [0.3, 0.4) is 0 Å². The maximum absolute atomic E-state index is 12.3. The summed E-state index contributed by atoms with van der Waals surface area (Å²) >= 11 is 0. The highest BCUT2D eigenvalue weighted by Gasteiger charge is 2.15. The average molecular weight is 317 g/mol. The Bertz CT molecular complexity index is 796. The molecule has 0 unspecified atom stereocenters. The van der Waals surface area contributed by atoms with Crippen LogP contribution in [0, 0.1) is 0 Å². The van der Waals surface area contributed by atoms with Gasteiger partial charge in [-0.15, -0.1) is 0 Å². The van der Waals surface area contributed by atoms with E-state index < -0.39 is 5.91 Å². The van der Waals surface area contributed by atoms with Crippen molar-refractivity contribution in [1.82, 2.24) is 15.1 Å². The van der Waals surface area contributed by atoms with E-state index in [-0.39, 0.29) is 36.3 Å². The van der Waals surface area contributed by atoms with Gasteiger partial charge in [-0.25, -0.2) is 4.68 Å². The molecule has 1 aromatic carbocycles. The minimum Gasteiger partial charge on any atom is -0.463 e. The van der Waals surface area contributed by atoms with Crippen molar-refractivity contribution in [3.63, 3.8) is 0 Å². The van der Waals surface area contributed by atoms with Gasteiger partial charge in [-0.1, -0.05) is 18.2 Å². The van der Waals surface area contributed by atoms with Crippen LogP contribution in [0.15, 0.2) is 29.1 Å². The monoisotopic (exact) mass is 317 g/mol. The number of fused-ring (bicyclic) bond motifs is 1. The van der Waals surface area contributed by atoms with Crippen LogP contribution in [-0.4, -0.2) is 34.3 Å². The van der Waals surface area contributed by atoms with E-state index in [2.05, 4.69) is 10.4 Å². The highest BCUT2D eigenvalue weighted by Crippen LogP contribution is 2.12. The van der Waals surface area contributed by atoms with Crippen LogP contribution in [0.25, 0.3) is 10.8 Å². The molecule has 1 N–H and O–H groups in total. The van der Waals surface area contributed by atoms with Crippen molar-refractivity contribution in [3.05, 3.63) is 40.3 Å². The molecule has 0 aliphatic heterocycles. The molecule has 122 valence electrons. The largest absolute Gasteiger partial charge is 0.463 e. The first-order valence-electron chi connectivity index (χ1n) is 7.34. The summed E-state index contributed by atoms with van der Waals surface area (Å²) in [6, 6.07) is 6.79. The molecule has 0 aliphatic carbocycles. The highest BCUT2D eigenvalue weighted by atomic mass is 16.5. The summed E-state index contributed by atoms with van der Waals surface area (Å²) in [7, 11) is 1.49. The Balaban J connectivity index is 2.14. The van der Waals surface area contributed by atoms with Crippen molar-refractivity contribution in [3.8, 4) is 0 Å². The number of ether oxygens (including phenoxy) is 1. The van der Waals surface area contributed by atoms with Crippen molar-refractivity contribution in [2.45, 2.75) is 26.4 Å². The second-order valence-electron chi connectivity index (χ2n) is 5.37. The molecule has 0 fully saturated rings. The van der Waals surface area contributed by atoms with Gasteiger partial charge in [-0.2, -0.15) is 5.10 Å². The topological polar surface area (TPSA) is 90.3 Å². The molecule has 23 heavy (non-hydrogen) atoms. The first kappa shape index (κ1) is 16.7. The number of carbonyl (C=O) groups is 2. The smallest absolute Gasteiger partial charge is 0.307 e. The SMILES string of the molecule is CC(C)OC(=O)CCNC(=O)c1nn(C)c(=O)c2ccccc12. The summed E-state index contributed by atoms with van der Waals surface area (Å²) in [6.45, 7) is 3.66. The molecule has 1 aromatic heterocycles. The van der Waals surface area contributed by atoms with Gasteiger partial charge in [0.25, 0.3) is 11.5 Å². The van der Waals surface area contributed by atoms with E-state index in [9.17, 15) is 14.4 Å². The quantitative estimate of drug-likeness (QED) is 0.831. The average Bonchev–Trinajstić information content (AvgIpc) is 2.50. The van der Waals surface area contributed by atoms with Gasteiger partial charge in [0.15, 0.2) is 5.69 Å². The van der Waals surface area contributed by atoms with Gasteiger partial charge in [0.05, 0.1) is 17.9 Å². The summed E-state index contributed by atoms with van der Waals surface area (Å²) in [5.74, 6) is -0.812. The molecule has 0 spiro atoms. The van der Waals surface area contributed by atoms with Crippen LogP contribution in [0.1, 0.15) is 30.8 Å². The Kier molecular flexibility index (Phi) is 5.10. The van der Waals surface area contributed by atoms with E-state index in [0.29, 0.717) is 10.8 Å². The van der Waals surface area contributed by atoms with Crippen molar-refractivity contribution in [2.75, 3.05) is 6.54 Å². The highest BCUT2D eigenvalue weighted by molar-refractivity contribution is 6.04. The van der Waals surface area contributed by atoms with Crippen molar-refractivity contribution < 1.29 is 14.3 Å². The summed E-state index contributed by atoms with van der Waals surface area (Å²) in [4.78, 5) is 35.7. The van der Waals surface area contributed by atoms with Crippen molar-refractivity contribution in [1.29, 1.82) is 0 Å². The number of rotatable bonds is 5. The summed E-state index contributed by atoms with van der Waals surface area (Å²) in [5.41, 5.74) is -0.113. The summed E-state index contributed by atoms with van der Waals surface area (Å²) < 4.78 is 6.12. The lowest BCUT2D eigenvalue weighted by molar-refractivity contribution is -0.147.